The maximum Gasteiger partial charge on any atom is 0.168 e. The molecule has 2 aromatic rings. The third-order valence-electron chi connectivity index (χ3n) is 3.28. The molecule has 106 valence electrons. The minimum Gasteiger partial charge on any atom is -0.481 e. The molecule has 0 saturated carbocycles. The third-order valence-corrected chi connectivity index (χ3v) is 3.28. The number of rotatable bonds is 4. The quantitative estimate of drug-likeness (QED) is 0.925. The Labute approximate surface area is 117 Å². The van der Waals surface area contributed by atoms with E-state index >= 15 is 0 Å². The Balaban J connectivity index is 2.26. The maximum absolute atomic E-state index is 13.6. The molecule has 0 aliphatic rings. The van der Waals surface area contributed by atoms with Gasteiger partial charge in [-0.05, 0) is 42.7 Å². The summed E-state index contributed by atoms with van der Waals surface area (Å²) >= 11 is 0. The second-order valence-corrected chi connectivity index (χ2v) is 4.76. The van der Waals surface area contributed by atoms with Gasteiger partial charge in [-0.1, -0.05) is 18.2 Å². The molecule has 2 aromatic carbocycles. The molecule has 4 heteroatoms. The lowest BCUT2D eigenvalue weighted by atomic mass is 10.0. The molecule has 2 N–H and O–H groups in total. The van der Waals surface area contributed by atoms with Gasteiger partial charge in [-0.25, -0.2) is 8.78 Å². The maximum atomic E-state index is 13.6. The van der Waals surface area contributed by atoms with Crippen molar-refractivity contribution >= 4 is 0 Å². The van der Waals surface area contributed by atoms with Crippen LogP contribution < -0.4 is 10.5 Å². The monoisotopic (exact) mass is 277 g/mol. The molecule has 20 heavy (non-hydrogen) atoms. The molecule has 0 aromatic heterocycles. The van der Waals surface area contributed by atoms with Gasteiger partial charge in [-0.2, -0.15) is 0 Å². The largest absolute Gasteiger partial charge is 0.481 e. The van der Waals surface area contributed by atoms with Gasteiger partial charge < -0.3 is 10.5 Å². The summed E-state index contributed by atoms with van der Waals surface area (Å²) in [5.74, 6) is -1.36. The van der Waals surface area contributed by atoms with Gasteiger partial charge in [0.05, 0.1) is 0 Å². The van der Waals surface area contributed by atoms with E-state index in [1.165, 1.54) is 6.07 Å². The summed E-state index contributed by atoms with van der Waals surface area (Å²) in [6.07, 6.45) is -0.464. The van der Waals surface area contributed by atoms with E-state index in [1.807, 2.05) is 32.0 Å². The zero-order chi connectivity index (χ0) is 14.7. The molecule has 0 aliphatic heterocycles. The molecule has 1 unspecified atom stereocenters. The fraction of sp³-hybridized carbons (Fsp3) is 0.250. The average Bonchev–Trinajstić information content (AvgIpc) is 2.41. The summed E-state index contributed by atoms with van der Waals surface area (Å²) in [4.78, 5) is 0. The highest BCUT2D eigenvalue weighted by molar-refractivity contribution is 5.33. The van der Waals surface area contributed by atoms with Crippen LogP contribution in [0.4, 0.5) is 8.78 Å². The predicted molar refractivity (Wildman–Crippen MR) is 74.7 cm³/mol. The van der Waals surface area contributed by atoms with E-state index in [0.29, 0.717) is 0 Å². The van der Waals surface area contributed by atoms with Crippen LogP contribution in [0.3, 0.4) is 0 Å². The van der Waals surface area contributed by atoms with E-state index in [-0.39, 0.29) is 12.3 Å². The van der Waals surface area contributed by atoms with Gasteiger partial charge >= 0.3 is 0 Å². The Hall–Kier alpha value is -1.94. The summed E-state index contributed by atoms with van der Waals surface area (Å²) in [6.45, 7) is 4.21. The molecular formula is C16H17F2NO. The molecule has 0 amide bonds. The minimum atomic E-state index is -0.729. The van der Waals surface area contributed by atoms with Crippen molar-refractivity contribution in [1.82, 2.24) is 0 Å². The molecule has 0 heterocycles. The van der Waals surface area contributed by atoms with Gasteiger partial charge in [0.2, 0.25) is 0 Å². The van der Waals surface area contributed by atoms with Crippen LogP contribution in [-0.2, 0) is 0 Å². The number of hydrogen-bond donors (Lipinski definition) is 1. The van der Waals surface area contributed by atoms with Crippen LogP contribution in [0.25, 0.3) is 0 Å². The highest BCUT2D eigenvalue weighted by Crippen LogP contribution is 2.25. The zero-order valence-corrected chi connectivity index (χ0v) is 11.5. The van der Waals surface area contributed by atoms with Crippen molar-refractivity contribution in [3.05, 3.63) is 64.7 Å². The van der Waals surface area contributed by atoms with Gasteiger partial charge in [-0.3, -0.25) is 0 Å². The molecule has 0 radical (unpaired) electrons. The highest BCUT2D eigenvalue weighted by atomic mass is 19.1. The zero-order valence-electron chi connectivity index (χ0n) is 11.5. The Morgan fingerprint density at radius 3 is 2.40 bits per heavy atom. The van der Waals surface area contributed by atoms with Gasteiger partial charge in [0.15, 0.2) is 11.6 Å². The van der Waals surface area contributed by atoms with Crippen LogP contribution >= 0.6 is 0 Å². The molecule has 2 nitrogen and oxygen atoms in total. The van der Waals surface area contributed by atoms with E-state index in [1.54, 1.807) is 0 Å². The van der Waals surface area contributed by atoms with Gasteiger partial charge in [0.1, 0.15) is 11.9 Å². The highest BCUT2D eigenvalue weighted by Gasteiger charge is 2.15. The van der Waals surface area contributed by atoms with E-state index in [0.717, 1.165) is 28.8 Å². The van der Waals surface area contributed by atoms with E-state index in [4.69, 9.17) is 10.5 Å². The van der Waals surface area contributed by atoms with Crippen LogP contribution in [0, 0.1) is 25.5 Å². The van der Waals surface area contributed by atoms with Crippen LogP contribution in [0.2, 0.25) is 0 Å². The summed E-state index contributed by atoms with van der Waals surface area (Å²) in [5.41, 5.74) is 8.85. The lowest BCUT2D eigenvalue weighted by Crippen LogP contribution is -2.19. The average molecular weight is 277 g/mol. The number of nitrogens with two attached hydrogens (primary N) is 1. The minimum absolute atomic E-state index is 0.0000723. The molecule has 0 spiro atoms. The smallest absolute Gasteiger partial charge is 0.168 e. The van der Waals surface area contributed by atoms with Crippen molar-refractivity contribution < 1.29 is 13.5 Å². The van der Waals surface area contributed by atoms with Crippen LogP contribution in [0.15, 0.2) is 36.4 Å². The van der Waals surface area contributed by atoms with Crippen molar-refractivity contribution in [2.24, 2.45) is 5.73 Å². The molecule has 0 saturated heterocycles. The molecule has 2 rings (SSSR count). The standard InChI is InChI=1S/C16H17F2NO/c1-10-3-4-12(7-11(10)2)16(9-19)20-15-6-5-13(17)8-14(15)18/h3-8,16H,9,19H2,1-2H3. The number of aryl methyl sites for hydroxylation is 2. The van der Waals surface area contributed by atoms with Crippen molar-refractivity contribution in [3.63, 3.8) is 0 Å². The Kier molecular flexibility index (Phi) is 4.35. The first-order valence-corrected chi connectivity index (χ1v) is 6.40. The first kappa shape index (κ1) is 14.5. The van der Waals surface area contributed by atoms with Crippen LogP contribution in [0.1, 0.15) is 22.8 Å². The summed E-state index contributed by atoms with van der Waals surface area (Å²) in [5, 5.41) is 0. The predicted octanol–water partition coefficient (Wildman–Crippen LogP) is 3.66. The number of halogens is 2. The van der Waals surface area contributed by atoms with E-state index in [9.17, 15) is 8.78 Å². The van der Waals surface area contributed by atoms with Crippen LogP contribution in [0.5, 0.6) is 5.75 Å². The normalized spacial score (nSPS) is 12.2. The SMILES string of the molecule is Cc1ccc(C(CN)Oc2ccc(F)cc2F)cc1C. The fourth-order valence-electron chi connectivity index (χ4n) is 1.94. The first-order chi connectivity index (χ1) is 9.51. The summed E-state index contributed by atoms with van der Waals surface area (Å²) < 4.78 is 32.0. The lowest BCUT2D eigenvalue weighted by Gasteiger charge is -2.19. The number of benzene rings is 2. The van der Waals surface area contributed by atoms with Crippen molar-refractivity contribution in [2.45, 2.75) is 20.0 Å². The Bertz CT molecular complexity index is 613. The Morgan fingerprint density at radius 1 is 1.05 bits per heavy atom. The second kappa shape index (κ2) is 6.01. The van der Waals surface area contributed by atoms with Gasteiger partial charge in [0, 0.05) is 12.6 Å². The van der Waals surface area contributed by atoms with E-state index < -0.39 is 17.7 Å². The molecule has 0 aliphatic carbocycles. The van der Waals surface area contributed by atoms with E-state index in [2.05, 4.69) is 0 Å². The molecule has 0 bridgehead atoms. The fourth-order valence-corrected chi connectivity index (χ4v) is 1.94. The first-order valence-electron chi connectivity index (χ1n) is 6.40. The van der Waals surface area contributed by atoms with Crippen molar-refractivity contribution in [1.29, 1.82) is 0 Å². The summed E-state index contributed by atoms with van der Waals surface area (Å²) in [6, 6.07) is 9.07. The van der Waals surface area contributed by atoms with Crippen molar-refractivity contribution in [3.8, 4) is 5.75 Å². The Morgan fingerprint density at radius 2 is 1.80 bits per heavy atom. The lowest BCUT2D eigenvalue weighted by molar-refractivity contribution is 0.204. The second-order valence-electron chi connectivity index (χ2n) is 4.76. The summed E-state index contributed by atoms with van der Waals surface area (Å²) in [7, 11) is 0. The molecule has 0 fully saturated rings. The van der Waals surface area contributed by atoms with Gasteiger partial charge in [0.25, 0.3) is 0 Å². The van der Waals surface area contributed by atoms with Gasteiger partial charge in [-0.15, -0.1) is 0 Å². The third kappa shape index (κ3) is 3.14. The number of ether oxygens (including phenoxy) is 1. The number of hydrogen-bond acceptors (Lipinski definition) is 2. The van der Waals surface area contributed by atoms with Crippen molar-refractivity contribution in [2.75, 3.05) is 6.54 Å². The van der Waals surface area contributed by atoms with Crippen LogP contribution in [-0.4, -0.2) is 6.54 Å². The molecular weight excluding hydrogens is 260 g/mol. The molecule has 1 atom stereocenters. The topological polar surface area (TPSA) is 35.2 Å².